The highest BCUT2D eigenvalue weighted by atomic mass is 16.3. The fraction of sp³-hybridized carbons (Fsp3) is 0.0769. The maximum absolute atomic E-state index is 6.48. The Labute approximate surface area is 329 Å². The molecular weight excluding hydrogens is 697 g/mol. The molecule has 0 amide bonds. The standard InChI is InChI=1S/C52H36N4O/c1-2-14-37(15-3-1)55-46-21-7-4-16-39(46)43-31-33(24-26-48(43)55)34-25-27-49-44(32-34)40-17-5-8-22-47(40)56(49)52-53-29-28-45(54-52)36-13-10-12-35(30-36)38-19-11-20-42-41-18-6-9-23-50(41)57-51(38)42/h1-12,14-18,20-32,36,38H,13,19H2. The Morgan fingerprint density at radius 3 is 1.95 bits per heavy atom. The van der Waals surface area contributed by atoms with Crippen molar-refractivity contribution in [1.82, 2.24) is 19.1 Å². The van der Waals surface area contributed by atoms with Gasteiger partial charge in [0.25, 0.3) is 0 Å². The van der Waals surface area contributed by atoms with Crippen molar-refractivity contribution in [3.05, 3.63) is 199 Å². The molecule has 270 valence electrons. The molecule has 5 heteroatoms. The highest BCUT2D eigenvalue weighted by Crippen LogP contribution is 2.44. The predicted octanol–water partition coefficient (Wildman–Crippen LogP) is 13.3. The number of furan rings is 1. The molecule has 5 nitrogen and oxygen atoms in total. The summed E-state index contributed by atoms with van der Waals surface area (Å²) < 4.78 is 11.1. The van der Waals surface area contributed by atoms with Crippen molar-refractivity contribution in [2.45, 2.75) is 24.7 Å². The van der Waals surface area contributed by atoms with Gasteiger partial charge in [-0.15, -0.1) is 0 Å². The first-order chi connectivity index (χ1) is 28.3. The number of benzene rings is 6. The molecule has 2 unspecified atom stereocenters. The van der Waals surface area contributed by atoms with Crippen LogP contribution in [0.5, 0.6) is 0 Å². The van der Waals surface area contributed by atoms with Crippen molar-refractivity contribution in [1.29, 1.82) is 0 Å². The van der Waals surface area contributed by atoms with Crippen LogP contribution in [0.4, 0.5) is 0 Å². The Morgan fingerprint density at radius 1 is 0.544 bits per heavy atom. The Kier molecular flexibility index (Phi) is 7.11. The number of aromatic nitrogens is 4. The fourth-order valence-corrected chi connectivity index (χ4v) is 9.43. The smallest absolute Gasteiger partial charge is 0.234 e. The van der Waals surface area contributed by atoms with Gasteiger partial charge in [0, 0.05) is 56.2 Å². The number of nitrogens with zero attached hydrogens (tertiary/aromatic N) is 4. The first-order valence-electron chi connectivity index (χ1n) is 19.8. The number of para-hydroxylation sites is 4. The topological polar surface area (TPSA) is 48.8 Å². The van der Waals surface area contributed by atoms with E-state index in [4.69, 9.17) is 14.4 Å². The molecule has 2 aliphatic rings. The van der Waals surface area contributed by atoms with Crippen LogP contribution in [0.2, 0.25) is 0 Å². The summed E-state index contributed by atoms with van der Waals surface area (Å²) in [5, 5.41) is 6.03. The van der Waals surface area contributed by atoms with Crippen LogP contribution in [0.3, 0.4) is 0 Å². The van der Waals surface area contributed by atoms with Gasteiger partial charge in [0.05, 0.1) is 27.8 Å². The Balaban J connectivity index is 0.934. The molecule has 4 aromatic heterocycles. The summed E-state index contributed by atoms with van der Waals surface area (Å²) in [7, 11) is 0. The van der Waals surface area contributed by atoms with E-state index in [-0.39, 0.29) is 11.8 Å². The number of rotatable bonds is 5. The van der Waals surface area contributed by atoms with Crippen LogP contribution in [-0.2, 0) is 0 Å². The Hall–Kier alpha value is -7.24. The zero-order valence-corrected chi connectivity index (χ0v) is 31.1. The third-order valence-corrected chi connectivity index (χ3v) is 12.1. The van der Waals surface area contributed by atoms with Gasteiger partial charge in [0.15, 0.2) is 0 Å². The van der Waals surface area contributed by atoms with Gasteiger partial charge >= 0.3 is 0 Å². The third-order valence-electron chi connectivity index (χ3n) is 12.1. The maximum atomic E-state index is 6.48. The van der Waals surface area contributed by atoms with Gasteiger partial charge in [0.1, 0.15) is 11.3 Å². The van der Waals surface area contributed by atoms with Gasteiger partial charge in [-0.05, 0) is 90.2 Å². The molecule has 0 spiro atoms. The first-order valence-corrected chi connectivity index (χ1v) is 19.8. The normalized spacial score (nSPS) is 16.6. The van der Waals surface area contributed by atoms with Gasteiger partial charge in [-0.1, -0.05) is 115 Å². The number of allylic oxidation sites excluding steroid dienone is 5. The Bertz CT molecular complexity index is 3320. The summed E-state index contributed by atoms with van der Waals surface area (Å²) in [4.78, 5) is 10.2. The molecule has 2 aliphatic carbocycles. The van der Waals surface area contributed by atoms with E-state index >= 15 is 0 Å². The highest BCUT2D eigenvalue weighted by molar-refractivity contribution is 6.12. The van der Waals surface area contributed by atoms with Crippen LogP contribution in [0, 0.1) is 0 Å². The van der Waals surface area contributed by atoms with Crippen molar-refractivity contribution < 1.29 is 4.42 Å². The second-order valence-corrected chi connectivity index (χ2v) is 15.3. The highest BCUT2D eigenvalue weighted by Gasteiger charge is 2.28. The molecule has 57 heavy (non-hydrogen) atoms. The van der Waals surface area contributed by atoms with Crippen LogP contribution in [-0.4, -0.2) is 19.1 Å². The van der Waals surface area contributed by atoms with Gasteiger partial charge in [-0.2, -0.15) is 0 Å². The molecule has 0 bridgehead atoms. The van der Waals surface area contributed by atoms with Crippen LogP contribution in [0.15, 0.2) is 186 Å². The molecule has 0 aliphatic heterocycles. The lowest BCUT2D eigenvalue weighted by Crippen LogP contribution is -2.10. The first kappa shape index (κ1) is 32.0. The molecule has 0 saturated carbocycles. The van der Waals surface area contributed by atoms with E-state index in [2.05, 4.69) is 179 Å². The second kappa shape index (κ2) is 12.7. The van der Waals surface area contributed by atoms with Crippen LogP contribution < -0.4 is 0 Å². The summed E-state index contributed by atoms with van der Waals surface area (Å²) in [5.74, 6) is 2.05. The molecule has 6 aromatic carbocycles. The van der Waals surface area contributed by atoms with Crippen molar-refractivity contribution in [2.24, 2.45) is 0 Å². The minimum Gasteiger partial charge on any atom is -0.460 e. The Morgan fingerprint density at radius 2 is 1.18 bits per heavy atom. The van der Waals surface area contributed by atoms with E-state index in [1.165, 1.54) is 60.2 Å². The lowest BCUT2D eigenvalue weighted by Gasteiger charge is -2.24. The molecule has 12 rings (SSSR count). The van der Waals surface area contributed by atoms with E-state index in [1.54, 1.807) is 0 Å². The summed E-state index contributed by atoms with van der Waals surface area (Å²) in [6.07, 6.45) is 15.2. The van der Waals surface area contributed by atoms with Gasteiger partial charge < -0.3 is 8.98 Å². The van der Waals surface area contributed by atoms with Crippen LogP contribution in [0.1, 0.15) is 41.7 Å². The average Bonchev–Trinajstić information content (AvgIpc) is 3.94. The van der Waals surface area contributed by atoms with Crippen LogP contribution in [0.25, 0.3) is 83.4 Å². The quantitative estimate of drug-likeness (QED) is 0.177. The number of hydrogen-bond acceptors (Lipinski definition) is 3. The zero-order chi connectivity index (χ0) is 37.5. The number of hydrogen-bond donors (Lipinski definition) is 0. The van der Waals surface area contributed by atoms with Crippen molar-refractivity contribution in [3.63, 3.8) is 0 Å². The SMILES string of the molecule is C1=CC(C2CC=Cc3c2oc2ccccc32)=CC(c2ccnc(-n3c4ccccc4c4cc(-c5ccc6c(c5)c5ccccc5n6-c5ccccc5)ccc43)n2)C1. The van der Waals surface area contributed by atoms with Gasteiger partial charge in [0.2, 0.25) is 5.95 Å². The van der Waals surface area contributed by atoms with Gasteiger partial charge in [-0.3, -0.25) is 4.57 Å². The van der Waals surface area contributed by atoms with E-state index in [0.717, 1.165) is 46.6 Å². The largest absolute Gasteiger partial charge is 0.460 e. The van der Waals surface area contributed by atoms with Crippen molar-refractivity contribution >= 4 is 60.7 Å². The van der Waals surface area contributed by atoms with Gasteiger partial charge in [-0.25, -0.2) is 9.97 Å². The fourth-order valence-electron chi connectivity index (χ4n) is 9.43. The van der Waals surface area contributed by atoms with Crippen molar-refractivity contribution in [3.8, 4) is 22.8 Å². The van der Waals surface area contributed by atoms with E-state index in [0.29, 0.717) is 5.95 Å². The molecule has 10 aromatic rings. The molecule has 2 atom stereocenters. The minimum atomic E-state index is 0.132. The molecular formula is C52H36N4O. The summed E-state index contributed by atoms with van der Waals surface area (Å²) in [6.45, 7) is 0. The molecule has 0 fully saturated rings. The monoisotopic (exact) mass is 732 g/mol. The van der Waals surface area contributed by atoms with Crippen molar-refractivity contribution in [2.75, 3.05) is 0 Å². The zero-order valence-electron chi connectivity index (χ0n) is 31.1. The third kappa shape index (κ3) is 5.02. The number of fused-ring (bicyclic) bond motifs is 9. The van der Waals surface area contributed by atoms with E-state index in [9.17, 15) is 0 Å². The average molecular weight is 733 g/mol. The van der Waals surface area contributed by atoms with E-state index in [1.807, 2.05) is 12.3 Å². The lowest BCUT2D eigenvalue weighted by atomic mass is 9.81. The summed E-state index contributed by atoms with van der Waals surface area (Å²) in [5.41, 5.74) is 12.6. The summed E-state index contributed by atoms with van der Waals surface area (Å²) >= 11 is 0. The lowest BCUT2D eigenvalue weighted by molar-refractivity contribution is 0.514. The molecule has 4 heterocycles. The van der Waals surface area contributed by atoms with Crippen LogP contribution >= 0.6 is 0 Å². The maximum Gasteiger partial charge on any atom is 0.234 e. The molecule has 0 radical (unpaired) electrons. The summed E-state index contributed by atoms with van der Waals surface area (Å²) in [6, 6.07) is 52.1. The minimum absolute atomic E-state index is 0.132. The molecule has 0 saturated heterocycles. The molecule has 0 N–H and O–H groups in total. The van der Waals surface area contributed by atoms with E-state index < -0.39 is 0 Å². The second-order valence-electron chi connectivity index (χ2n) is 15.3. The predicted molar refractivity (Wildman–Crippen MR) is 233 cm³/mol.